The van der Waals surface area contributed by atoms with E-state index in [-0.39, 0.29) is 24.9 Å². The van der Waals surface area contributed by atoms with Gasteiger partial charge in [0.25, 0.3) is 11.8 Å². The van der Waals surface area contributed by atoms with Crippen LogP contribution in [0.25, 0.3) is 11.1 Å². The predicted octanol–water partition coefficient (Wildman–Crippen LogP) is 4.54. The Kier molecular flexibility index (Phi) is 7.14. The molecule has 0 fully saturated rings. The number of hydrogen-bond donors (Lipinski definition) is 2. The lowest BCUT2D eigenvalue weighted by Gasteiger charge is -2.10. The van der Waals surface area contributed by atoms with E-state index in [1.807, 2.05) is 0 Å². The Morgan fingerprint density at radius 2 is 1.41 bits per heavy atom. The number of halogens is 3. The number of alkyl halides is 3. The summed E-state index contributed by atoms with van der Waals surface area (Å²) in [6.07, 6.45) is -4.42. The van der Waals surface area contributed by atoms with Crippen LogP contribution in [0.2, 0.25) is 0 Å². The van der Waals surface area contributed by atoms with Crippen molar-refractivity contribution in [3.63, 3.8) is 0 Å². The zero-order chi connectivity index (χ0) is 23.1. The van der Waals surface area contributed by atoms with Crippen LogP contribution in [0.3, 0.4) is 0 Å². The third-order valence-electron chi connectivity index (χ3n) is 4.70. The quantitative estimate of drug-likeness (QED) is 0.528. The molecule has 2 amide bonds. The molecule has 8 heteroatoms. The van der Waals surface area contributed by atoms with Crippen LogP contribution in [-0.2, 0) is 6.18 Å². The van der Waals surface area contributed by atoms with E-state index in [9.17, 15) is 22.8 Å². The summed E-state index contributed by atoms with van der Waals surface area (Å²) in [5, 5.41) is 5.39. The Labute approximate surface area is 183 Å². The summed E-state index contributed by atoms with van der Waals surface area (Å²) in [6, 6.07) is 18.0. The van der Waals surface area contributed by atoms with Crippen molar-refractivity contribution in [3.05, 3.63) is 89.5 Å². The number of nitrogens with one attached hydrogen (secondary N) is 2. The molecule has 5 nitrogen and oxygen atoms in total. The van der Waals surface area contributed by atoms with E-state index < -0.39 is 11.7 Å². The number of ether oxygens (including phenoxy) is 1. The fourth-order valence-electron chi connectivity index (χ4n) is 3.01. The van der Waals surface area contributed by atoms with E-state index in [0.717, 1.165) is 12.1 Å². The molecule has 0 spiro atoms. The largest absolute Gasteiger partial charge is 0.497 e. The second kappa shape index (κ2) is 10.00. The van der Waals surface area contributed by atoms with Crippen LogP contribution >= 0.6 is 0 Å². The molecule has 2 N–H and O–H groups in total. The van der Waals surface area contributed by atoms with Crippen molar-refractivity contribution in [2.75, 3.05) is 20.2 Å². The summed E-state index contributed by atoms with van der Waals surface area (Å²) < 4.78 is 43.8. The second-order valence-corrected chi connectivity index (χ2v) is 6.90. The van der Waals surface area contributed by atoms with Crippen LogP contribution < -0.4 is 15.4 Å². The summed E-state index contributed by atoms with van der Waals surface area (Å²) in [5.41, 5.74) is 1.05. The fourth-order valence-corrected chi connectivity index (χ4v) is 3.01. The van der Waals surface area contributed by atoms with Crippen LogP contribution in [-0.4, -0.2) is 32.0 Å². The van der Waals surface area contributed by atoms with Crippen molar-refractivity contribution in [2.24, 2.45) is 0 Å². The molecule has 0 atom stereocenters. The molecule has 0 saturated heterocycles. The minimum absolute atomic E-state index is 0.212. The second-order valence-electron chi connectivity index (χ2n) is 6.90. The smallest absolute Gasteiger partial charge is 0.416 e. The van der Waals surface area contributed by atoms with Gasteiger partial charge in [0.15, 0.2) is 0 Å². The summed E-state index contributed by atoms with van der Waals surface area (Å²) >= 11 is 0. The van der Waals surface area contributed by atoms with E-state index in [2.05, 4.69) is 10.6 Å². The van der Waals surface area contributed by atoms with Gasteiger partial charge in [-0.2, -0.15) is 13.2 Å². The average Bonchev–Trinajstić information content (AvgIpc) is 2.81. The minimum atomic E-state index is -4.42. The number of methoxy groups -OCH3 is 1. The SMILES string of the molecule is COc1cccc(C(=O)NCCNC(=O)c2ccc(-c3cccc(C(F)(F)F)c3)cc2)c1. The van der Waals surface area contributed by atoms with Gasteiger partial charge < -0.3 is 15.4 Å². The molecule has 0 bridgehead atoms. The number of benzene rings is 3. The van der Waals surface area contributed by atoms with Gasteiger partial charge in [-0.25, -0.2) is 0 Å². The zero-order valence-electron chi connectivity index (χ0n) is 17.2. The Morgan fingerprint density at radius 3 is 2.03 bits per heavy atom. The molecule has 0 aromatic heterocycles. The number of carbonyl (C=O) groups excluding carboxylic acids is 2. The van der Waals surface area contributed by atoms with Gasteiger partial charge in [0.2, 0.25) is 0 Å². The summed E-state index contributed by atoms with van der Waals surface area (Å²) in [7, 11) is 1.51. The Bertz CT molecular complexity index is 1100. The molecule has 3 aromatic rings. The molecule has 0 unspecified atom stereocenters. The van der Waals surface area contributed by atoms with Gasteiger partial charge in [0.1, 0.15) is 5.75 Å². The first-order chi connectivity index (χ1) is 15.3. The topological polar surface area (TPSA) is 67.4 Å². The first-order valence-corrected chi connectivity index (χ1v) is 9.76. The van der Waals surface area contributed by atoms with Crippen LogP contribution in [0.15, 0.2) is 72.8 Å². The van der Waals surface area contributed by atoms with Crippen LogP contribution in [0.4, 0.5) is 13.2 Å². The monoisotopic (exact) mass is 442 g/mol. The molecule has 0 heterocycles. The number of hydrogen-bond acceptors (Lipinski definition) is 3. The average molecular weight is 442 g/mol. The van der Waals surface area contributed by atoms with Crippen molar-refractivity contribution in [1.82, 2.24) is 10.6 Å². The standard InChI is InChI=1S/C24H21F3N2O3/c1-32-21-7-3-5-19(15-21)23(31)29-13-12-28-22(30)17-10-8-16(9-11-17)18-4-2-6-20(14-18)24(25,26)27/h2-11,14-15H,12-13H2,1H3,(H,28,30)(H,29,31). The first-order valence-electron chi connectivity index (χ1n) is 9.76. The van der Waals surface area contributed by atoms with Gasteiger partial charge in [-0.3, -0.25) is 9.59 Å². The van der Waals surface area contributed by atoms with Crippen molar-refractivity contribution >= 4 is 11.8 Å². The normalized spacial score (nSPS) is 11.0. The molecular formula is C24H21F3N2O3. The molecule has 3 aromatic carbocycles. The van der Waals surface area contributed by atoms with Crippen molar-refractivity contribution in [1.29, 1.82) is 0 Å². The lowest BCUT2D eigenvalue weighted by Crippen LogP contribution is -2.34. The lowest BCUT2D eigenvalue weighted by molar-refractivity contribution is -0.137. The molecule has 0 radical (unpaired) electrons. The van der Waals surface area contributed by atoms with E-state index >= 15 is 0 Å². The van der Waals surface area contributed by atoms with Crippen molar-refractivity contribution in [2.45, 2.75) is 6.18 Å². The number of amides is 2. The van der Waals surface area contributed by atoms with E-state index in [4.69, 9.17) is 4.74 Å². The van der Waals surface area contributed by atoms with Crippen LogP contribution in [0, 0.1) is 0 Å². The van der Waals surface area contributed by atoms with E-state index in [1.165, 1.54) is 13.2 Å². The molecule has 0 saturated carbocycles. The maximum absolute atomic E-state index is 12.9. The Balaban J connectivity index is 1.52. The highest BCUT2D eigenvalue weighted by atomic mass is 19.4. The number of carbonyl (C=O) groups is 2. The molecule has 0 aliphatic rings. The molecule has 0 aliphatic carbocycles. The third kappa shape index (κ3) is 5.87. The highest BCUT2D eigenvalue weighted by molar-refractivity contribution is 5.95. The predicted molar refractivity (Wildman–Crippen MR) is 115 cm³/mol. The van der Waals surface area contributed by atoms with Gasteiger partial charge in [-0.05, 0) is 53.6 Å². The zero-order valence-corrected chi connectivity index (χ0v) is 17.2. The summed E-state index contributed by atoms with van der Waals surface area (Å²) in [5.74, 6) is -0.0701. The minimum Gasteiger partial charge on any atom is -0.497 e. The molecule has 3 rings (SSSR count). The van der Waals surface area contributed by atoms with Crippen molar-refractivity contribution in [3.8, 4) is 16.9 Å². The highest BCUT2D eigenvalue weighted by Crippen LogP contribution is 2.32. The van der Waals surface area contributed by atoms with E-state index in [0.29, 0.717) is 28.0 Å². The third-order valence-corrected chi connectivity index (χ3v) is 4.70. The lowest BCUT2D eigenvalue weighted by atomic mass is 10.0. The van der Waals surface area contributed by atoms with Gasteiger partial charge in [0.05, 0.1) is 12.7 Å². The summed E-state index contributed by atoms with van der Waals surface area (Å²) in [6.45, 7) is 0.439. The molecule has 166 valence electrons. The van der Waals surface area contributed by atoms with E-state index in [1.54, 1.807) is 54.6 Å². The first kappa shape index (κ1) is 22.9. The van der Waals surface area contributed by atoms with Gasteiger partial charge in [0, 0.05) is 24.2 Å². The Hall–Kier alpha value is -3.81. The summed E-state index contributed by atoms with van der Waals surface area (Å²) in [4.78, 5) is 24.4. The molecule has 0 aliphatic heterocycles. The van der Waals surface area contributed by atoms with Crippen LogP contribution in [0.1, 0.15) is 26.3 Å². The highest BCUT2D eigenvalue weighted by Gasteiger charge is 2.30. The van der Waals surface area contributed by atoms with Gasteiger partial charge in [-0.15, -0.1) is 0 Å². The maximum atomic E-state index is 12.9. The van der Waals surface area contributed by atoms with Gasteiger partial charge in [-0.1, -0.05) is 30.3 Å². The molecular weight excluding hydrogens is 421 g/mol. The maximum Gasteiger partial charge on any atom is 0.416 e. The Morgan fingerprint density at radius 1 is 0.781 bits per heavy atom. The molecule has 32 heavy (non-hydrogen) atoms. The fraction of sp³-hybridized carbons (Fsp3) is 0.167. The number of rotatable bonds is 7. The van der Waals surface area contributed by atoms with Crippen LogP contribution in [0.5, 0.6) is 5.75 Å². The van der Waals surface area contributed by atoms with Crippen molar-refractivity contribution < 1.29 is 27.5 Å². The van der Waals surface area contributed by atoms with Gasteiger partial charge >= 0.3 is 6.18 Å².